The first-order chi connectivity index (χ1) is 8.72. The van der Waals surface area contributed by atoms with Gasteiger partial charge in [0.2, 0.25) is 5.91 Å². The van der Waals surface area contributed by atoms with E-state index in [4.69, 9.17) is 0 Å². The molecule has 0 aromatic heterocycles. The van der Waals surface area contributed by atoms with Gasteiger partial charge in [-0.3, -0.25) is 4.79 Å². The van der Waals surface area contributed by atoms with Crippen LogP contribution in [0.3, 0.4) is 0 Å². The molecule has 0 bridgehead atoms. The SMILES string of the molecule is CNCC1C(=O)NCCCN1c1ccc(F)cc1. The third-order valence-corrected chi connectivity index (χ3v) is 3.11. The van der Waals surface area contributed by atoms with Crippen LogP contribution < -0.4 is 15.5 Å². The van der Waals surface area contributed by atoms with Crippen molar-refractivity contribution in [1.82, 2.24) is 10.6 Å². The van der Waals surface area contributed by atoms with Crippen LogP contribution in [0.2, 0.25) is 0 Å². The molecule has 0 aliphatic carbocycles. The summed E-state index contributed by atoms with van der Waals surface area (Å²) in [6, 6.07) is 6.04. The average Bonchev–Trinajstić information content (AvgIpc) is 2.54. The van der Waals surface area contributed by atoms with Gasteiger partial charge in [0.1, 0.15) is 11.9 Å². The Labute approximate surface area is 106 Å². The van der Waals surface area contributed by atoms with E-state index in [1.54, 1.807) is 12.1 Å². The molecule has 2 N–H and O–H groups in total. The topological polar surface area (TPSA) is 44.4 Å². The molecule has 0 saturated carbocycles. The van der Waals surface area contributed by atoms with Gasteiger partial charge < -0.3 is 15.5 Å². The number of carbonyl (C=O) groups excluding carboxylic acids is 1. The lowest BCUT2D eigenvalue weighted by Crippen LogP contribution is -2.49. The second-order valence-electron chi connectivity index (χ2n) is 4.39. The van der Waals surface area contributed by atoms with Gasteiger partial charge in [0.15, 0.2) is 0 Å². The first kappa shape index (κ1) is 12.8. The van der Waals surface area contributed by atoms with E-state index < -0.39 is 0 Å². The lowest BCUT2D eigenvalue weighted by atomic mass is 10.2. The molecule has 5 heteroatoms. The molecule has 1 aliphatic heterocycles. The zero-order chi connectivity index (χ0) is 13.0. The summed E-state index contributed by atoms with van der Waals surface area (Å²) >= 11 is 0. The number of halogens is 1. The number of hydrogen-bond donors (Lipinski definition) is 2. The van der Waals surface area contributed by atoms with E-state index in [-0.39, 0.29) is 17.8 Å². The fraction of sp³-hybridized carbons (Fsp3) is 0.462. The summed E-state index contributed by atoms with van der Waals surface area (Å²) in [6.45, 7) is 2.05. The number of likely N-dealkylation sites (N-methyl/N-ethyl adjacent to an activating group) is 1. The molecule has 1 atom stereocenters. The fourth-order valence-electron chi connectivity index (χ4n) is 2.21. The number of rotatable bonds is 3. The highest BCUT2D eigenvalue weighted by Crippen LogP contribution is 2.19. The Balaban J connectivity index is 2.25. The fourth-order valence-corrected chi connectivity index (χ4v) is 2.21. The van der Waals surface area contributed by atoms with Crippen molar-refractivity contribution in [2.45, 2.75) is 12.5 Å². The van der Waals surface area contributed by atoms with E-state index in [1.807, 2.05) is 11.9 Å². The first-order valence-corrected chi connectivity index (χ1v) is 6.17. The second kappa shape index (κ2) is 5.82. The highest BCUT2D eigenvalue weighted by Gasteiger charge is 2.27. The minimum atomic E-state index is -0.261. The third kappa shape index (κ3) is 2.79. The molecule has 2 rings (SSSR count). The minimum absolute atomic E-state index is 0.0196. The number of carbonyl (C=O) groups is 1. The van der Waals surface area contributed by atoms with Gasteiger partial charge in [0.05, 0.1) is 0 Å². The third-order valence-electron chi connectivity index (χ3n) is 3.11. The molecule has 4 nitrogen and oxygen atoms in total. The molecule has 1 aromatic carbocycles. The number of benzene rings is 1. The van der Waals surface area contributed by atoms with Crippen molar-refractivity contribution >= 4 is 11.6 Å². The summed E-state index contributed by atoms with van der Waals surface area (Å²) in [5.41, 5.74) is 0.883. The van der Waals surface area contributed by atoms with Crippen LogP contribution in [-0.2, 0) is 4.79 Å². The van der Waals surface area contributed by atoms with E-state index in [9.17, 15) is 9.18 Å². The smallest absolute Gasteiger partial charge is 0.244 e. The van der Waals surface area contributed by atoms with Gasteiger partial charge in [-0.25, -0.2) is 4.39 Å². The van der Waals surface area contributed by atoms with Crippen LogP contribution in [0.15, 0.2) is 24.3 Å². The van der Waals surface area contributed by atoms with Gasteiger partial charge in [-0.2, -0.15) is 0 Å². The Bertz CT molecular complexity index is 407. The van der Waals surface area contributed by atoms with E-state index in [2.05, 4.69) is 10.6 Å². The molecular weight excluding hydrogens is 233 g/mol. The number of nitrogens with zero attached hydrogens (tertiary/aromatic N) is 1. The molecule has 1 aliphatic rings. The Kier molecular flexibility index (Phi) is 4.15. The van der Waals surface area contributed by atoms with Crippen LogP contribution in [-0.4, -0.2) is 38.6 Å². The highest BCUT2D eigenvalue weighted by molar-refractivity contribution is 5.86. The highest BCUT2D eigenvalue weighted by atomic mass is 19.1. The zero-order valence-electron chi connectivity index (χ0n) is 10.4. The normalized spacial score (nSPS) is 20.4. The van der Waals surface area contributed by atoms with Gasteiger partial charge in [0.25, 0.3) is 0 Å². The number of amides is 1. The molecule has 1 saturated heterocycles. The molecule has 1 amide bonds. The van der Waals surface area contributed by atoms with E-state index in [1.165, 1.54) is 12.1 Å². The van der Waals surface area contributed by atoms with Crippen LogP contribution in [0.1, 0.15) is 6.42 Å². The monoisotopic (exact) mass is 251 g/mol. The minimum Gasteiger partial charge on any atom is -0.358 e. The predicted octanol–water partition coefficient (Wildman–Crippen LogP) is 0.740. The lowest BCUT2D eigenvalue weighted by molar-refractivity contribution is -0.121. The van der Waals surface area contributed by atoms with Crippen molar-refractivity contribution < 1.29 is 9.18 Å². The lowest BCUT2D eigenvalue weighted by Gasteiger charge is -2.30. The Morgan fingerprint density at radius 1 is 1.44 bits per heavy atom. The summed E-state index contributed by atoms with van der Waals surface area (Å²) in [4.78, 5) is 14.0. The van der Waals surface area contributed by atoms with Gasteiger partial charge in [0, 0.05) is 25.3 Å². The van der Waals surface area contributed by atoms with E-state index in [0.29, 0.717) is 13.1 Å². The maximum Gasteiger partial charge on any atom is 0.244 e. The molecule has 18 heavy (non-hydrogen) atoms. The molecule has 98 valence electrons. The van der Waals surface area contributed by atoms with Crippen LogP contribution in [0.5, 0.6) is 0 Å². The Hall–Kier alpha value is -1.62. The maximum absolute atomic E-state index is 12.9. The Morgan fingerprint density at radius 2 is 2.17 bits per heavy atom. The van der Waals surface area contributed by atoms with Crippen molar-refractivity contribution in [3.8, 4) is 0 Å². The maximum atomic E-state index is 12.9. The molecule has 0 radical (unpaired) electrons. The van der Waals surface area contributed by atoms with Crippen molar-refractivity contribution in [3.05, 3.63) is 30.1 Å². The van der Waals surface area contributed by atoms with Crippen LogP contribution >= 0.6 is 0 Å². The standard InChI is InChI=1S/C13H18FN3O/c1-15-9-12-13(18)16-7-2-8-17(12)11-5-3-10(14)4-6-11/h3-6,12,15H,2,7-9H2,1H3,(H,16,18). The molecule has 1 heterocycles. The predicted molar refractivity (Wildman–Crippen MR) is 69.1 cm³/mol. The van der Waals surface area contributed by atoms with Crippen LogP contribution in [0.4, 0.5) is 10.1 Å². The summed E-state index contributed by atoms with van der Waals surface area (Å²) in [5.74, 6) is -0.241. The van der Waals surface area contributed by atoms with Gasteiger partial charge in [-0.15, -0.1) is 0 Å². The molecule has 1 unspecified atom stereocenters. The van der Waals surface area contributed by atoms with Crippen molar-refractivity contribution in [3.63, 3.8) is 0 Å². The number of hydrogen-bond acceptors (Lipinski definition) is 3. The van der Waals surface area contributed by atoms with Crippen LogP contribution in [0.25, 0.3) is 0 Å². The summed E-state index contributed by atoms with van der Waals surface area (Å²) in [6.07, 6.45) is 0.892. The Morgan fingerprint density at radius 3 is 2.83 bits per heavy atom. The van der Waals surface area contributed by atoms with Crippen molar-refractivity contribution in [2.75, 3.05) is 31.6 Å². The second-order valence-corrected chi connectivity index (χ2v) is 4.39. The van der Waals surface area contributed by atoms with Crippen molar-refractivity contribution in [1.29, 1.82) is 0 Å². The first-order valence-electron chi connectivity index (χ1n) is 6.17. The summed E-state index contributed by atoms with van der Waals surface area (Å²) in [5, 5.41) is 5.93. The molecule has 1 fully saturated rings. The number of nitrogens with one attached hydrogen (secondary N) is 2. The average molecular weight is 251 g/mol. The largest absolute Gasteiger partial charge is 0.358 e. The van der Waals surface area contributed by atoms with Gasteiger partial charge in [-0.05, 0) is 37.7 Å². The zero-order valence-corrected chi connectivity index (χ0v) is 10.4. The van der Waals surface area contributed by atoms with Crippen LogP contribution in [0, 0.1) is 5.82 Å². The van der Waals surface area contributed by atoms with Crippen molar-refractivity contribution in [2.24, 2.45) is 0 Å². The van der Waals surface area contributed by atoms with E-state index in [0.717, 1.165) is 18.7 Å². The quantitative estimate of drug-likeness (QED) is 0.833. The molecular formula is C13H18FN3O. The number of anilines is 1. The van der Waals surface area contributed by atoms with Gasteiger partial charge in [-0.1, -0.05) is 0 Å². The molecule has 0 spiro atoms. The van der Waals surface area contributed by atoms with Gasteiger partial charge >= 0.3 is 0 Å². The molecule has 1 aromatic rings. The summed E-state index contributed by atoms with van der Waals surface area (Å²) in [7, 11) is 1.82. The summed E-state index contributed by atoms with van der Waals surface area (Å²) < 4.78 is 12.9. The van der Waals surface area contributed by atoms with E-state index >= 15 is 0 Å².